The molecule has 0 aliphatic carbocycles. The summed E-state index contributed by atoms with van der Waals surface area (Å²) in [6, 6.07) is 17.0. The molecule has 3 heterocycles. The first-order chi connectivity index (χ1) is 16.7. The number of aromatic nitrogens is 3. The van der Waals surface area contributed by atoms with E-state index in [1.807, 2.05) is 48.5 Å². The number of aliphatic imine (C=N–C) groups is 1. The van der Waals surface area contributed by atoms with Crippen LogP contribution in [0.25, 0.3) is 22.7 Å². The van der Waals surface area contributed by atoms with Crippen molar-refractivity contribution in [1.29, 1.82) is 0 Å². The molecule has 0 saturated carbocycles. The van der Waals surface area contributed by atoms with Gasteiger partial charge in [0.05, 0.1) is 12.1 Å². The Bertz CT molecular complexity index is 1330. The molecule has 0 bridgehead atoms. The lowest BCUT2D eigenvalue weighted by molar-refractivity contribution is 0.0437. The third-order valence-electron chi connectivity index (χ3n) is 5.06. The Morgan fingerprint density at radius 1 is 1.12 bits per heavy atom. The molecule has 0 saturated heterocycles. The molecule has 0 radical (unpaired) electrons. The molecule has 0 atom stereocenters. The van der Waals surface area contributed by atoms with Crippen molar-refractivity contribution in [2.45, 2.75) is 19.3 Å². The highest BCUT2D eigenvalue weighted by Gasteiger charge is 2.22. The van der Waals surface area contributed by atoms with Gasteiger partial charge in [-0.15, -0.1) is 10.2 Å². The first-order valence-corrected chi connectivity index (χ1v) is 12.6. The van der Waals surface area contributed by atoms with E-state index in [1.54, 1.807) is 36.5 Å². The molecule has 8 nitrogen and oxygen atoms in total. The van der Waals surface area contributed by atoms with E-state index >= 15 is 0 Å². The Hall–Kier alpha value is -3.37. The summed E-state index contributed by atoms with van der Waals surface area (Å²) in [7, 11) is 0. The zero-order valence-corrected chi connectivity index (χ0v) is 19.9. The highest BCUT2D eigenvalue weighted by molar-refractivity contribution is 8.38. The topological polar surface area (TPSA) is 104 Å². The SMILES string of the molecule is Cc1onc(-c2ccccc2)c1-c1nnc(COC(=O)c2ccccc2CSC2=NCCS2)o1. The van der Waals surface area contributed by atoms with E-state index in [-0.39, 0.29) is 18.4 Å². The second kappa shape index (κ2) is 10.3. The summed E-state index contributed by atoms with van der Waals surface area (Å²) in [5, 5.41) is 12.3. The molecule has 1 aliphatic rings. The molecule has 2 aromatic heterocycles. The average molecular weight is 493 g/mol. The molecule has 0 spiro atoms. The monoisotopic (exact) mass is 492 g/mol. The summed E-state index contributed by atoms with van der Waals surface area (Å²) >= 11 is 3.38. The van der Waals surface area contributed by atoms with E-state index in [4.69, 9.17) is 13.7 Å². The zero-order chi connectivity index (χ0) is 23.3. The summed E-state index contributed by atoms with van der Waals surface area (Å²) in [6.07, 6.45) is 0. The summed E-state index contributed by atoms with van der Waals surface area (Å²) < 4.78 is 17.7. The van der Waals surface area contributed by atoms with Crippen LogP contribution in [0.3, 0.4) is 0 Å². The van der Waals surface area contributed by atoms with Crippen molar-refractivity contribution in [2.75, 3.05) is 12.3 Å². The van der Waals surface area contributed by atoms with Gasteiger partial charge in [0.25, 0.3) is 11.8 Å². The smallest absolute Gasteiger partial charge is 0.338 e. The largest absolute Gasteiger partial charge is 0.452 e. The van der Waals surface area contributed by atoms with Crippen molar-refractivity contribution in [3.05, 3.63) is 77.4 Å². The highest BCUT2D eigenvalue weighted by atomic mass is 32.2. The fraction of sp³-hybridized carbons (Fsp3) is 0.208. The number of hydrogen-bond donors (Lipinski definition) is 0. The van der Waals surface area contributed by atoms with E-state index in [0.717, 1.165) is 27.8 Å². The van der Waals surface area contributed by atoms with Gasteiger partial charge in [0.1, 0.15) is 21.4 Å². The van der Waals surface area contributed by atoms with E-state index in [9.17, 15) is 4.79 Å². The minimum Gasteiger partial charge on any atom is -0.452 e. The lowest BCUT2D eigenvalue weighted by Gasteiger charge is -2.08. The normalized spacial score (nSPS) is 13.1. The van der Waals surface area contributed by atoms with Crippen LogP contribution in [0.1, 0.15) is 27.6 Å². The molecule has 0 amide bonds. The number of thioether (sulfide) groups is 2. The van der Waals surface area contributed by atoms with E-state index in [1.165, 1.54) is 0 Å². The number of esters is 1. The molecule has 4 aromatic rings. The zero-order valence-electron chi connectivity index (χ0n) is 18.3. The fourth-order valence-electron chi connectivity index (χ4n) is 3.42. The average Bonchev–Trinajstić information content (AvgIpc) is 3.63. The van der Waals surface area contributed by atoms with Gasteiger partial charge in [0.15, 0.2) is 6.61 Å². The van der Waals surface area contributed by atoms with Crippen molar-refractivity contribution in [3.8, 4) is 22.7 Å². The first kappa shape index (κ1) is 22.4. The number of rotatable bonds is 7. The maximum Gasteiger partial charge on any atom is 0.338 e. The van der Waals surface area contributed by atoms with Crippen molar-refractivity contribution in [3.63, 3.8) is 0 Å². The standard InChI is InChI=1S/C24H20N4O4S2/c1-15-20(21(28-32-15)16-7-3-2-4-8-16)22-27-26-19(31-22)13-30-23(29)18-10-6-5-9-17(18)14-34-24-25-11-12-33-24/h2-10H,11-14H2,1H3. The van der Waals surface area contributed by atoms with Gasteiger partial charge in [0, 0.05) is 17.1 Å². The number of aryl methyl sites for hydroxylation is 1. The van der Waals surface area contributed by atoms with Gasteiger partial charge in [-0.05, 0) is 18.6 Å². The molecular weight excluding hydrogens is 472 g/mol. The number of carbonyl (C=O) groups is 1. The Labute approximate surface area is 204 Å². The van der Waals surface area contributed by atoms with E-state index < -0.39 is 5.97 Å². The van der Waals surface area contributed by atoms with E-state index in [0.29, 0.717) is 28.3 Å². The predicted octanol–water partition coefficient (Wildman–Crippen LogP) is 5.39. The highest BCUT2D eigenvalue weighted by Crippen LogP contribution is 2.33. The van der Waals surface area contributed by atoms with Gasteiger partial charge in [0.2, 0.25) is 0 Å². The van der Waals surface area contributed by atoms with Crippen LogP contribution in [0.15, 0.2) is 68.5 Å². The Balaban J connectivity index is 1.27. The summed E-state index contributed by atoms with van der Waals surface area (Å²) in [5.74, 6) is 2.23. The van der Waals surface area contributed by atoms with Crippen molar-refractivity contribution < 1.29 is 18.5 Å². The maximum absolute atomic E-state index is 12.8. The molecule has 2 aromatic carbocycles. The van der Waals surface area contributed by atoms with Crippen LogP contribution in [0, 0.1) is 6.92 Å². The Morgan fingerprint density at radius 3 is 2.76 bits per heavy atom. The minimum absolute atomic E-state index is 0.138. The molecule has 34 heavy (non-hydrogen) atoms. The third-order valence-corrected chi connectivity index (χ3v) is 7.36. The number of nitrogens with zero attached hydrogens (tertiary/aromatic N) is 4. The van der Waals surface area contributed by atoms with Crippen LogP contribution < -0.4 is 0 Å². The summed E-state index contributed by atoms with van der Waals surface area (Å²) in [4.78, 5) is 17.2. The molecule has 5 rings (SSSR count). The van der Waals surface area contributed by atoms with Crippen LogP contribution >= 0.6 is 23.5 Å². The van der Waals surface area contributed by atoms with Gasteiger partial charge in [-0.1, -0.05) is 77.2 Å². The molecule has 172 valence electrons. The third kappa shape index (κ3) is 4.92. The molecule has 10 heteroatoms. The number of ether oxygens (including phenoxy) is 1. The predicted molar refractivity (Wildman–Crippen MR) is 132 cm³/mol. The second-order valence-corrected chi connectivity index (χ2v) is 9.65. The molecule has 0 N–H and O–H groups in total. The second-order valence-electron chi connectivity index (χ2n) is 7.35. The van der Waals surface area contributed by atoms with Crippen LogP contribution in [0.2, 0.25) is 0 Å². The quantitative estimate of drug-likeness (QED) is 0.314. The minimum atomic E-state index is -0.442. The van der Waals surface area contributed by atoms with Gasteiger partial charge in [-0.25, -0.2) is 4.79 Å². The van der Waals surface area contributed by atoms with Crippen LogP contribution in [0.5, 0.6) is 0 Å². The van der Waals surface area contributed by atoms with E-state index in [2.05, 4.69) is 20.3 Å². The summed E-state index contributed by atoms with van der Waals surface area (Å²) in [6.45, 7) is 2.49. The Morgan fingerprint density at radius 2 is 1.94 bits per heavy atom. The van der Waals surface area contributed by atoms with Crippen LogP contribution in [-0.2, 0) is 17.1 Å². The van der Waals surface area contributed by atoms with Gasteiger partial charge in [-0.2, -0.15) is 0 Å². The van der Waals surface area contributed by atoms with Gasteiger partial charge in [-0.3, -0.25) is 4.99 Å². The fourth-order valence-corrected chi connectivity index (χ4v) is 5.44. The number of carbonyl (C=O) groups excluding carboxylic acids is 1. The lowest BCUT2D eigenvalue weighted by Crippen LogP contribution is -2.08. The summed E-state index contributed by atoms with van der Waals surface area (Å²) in [5.41, 5.74) is 3.51. The first-order valence-electron chi connectivity index (χ1n) is 10.6. The number of hydrogen-bond acceptors (Lipinski definition) is 10. The molecule has 0 fully saturated rings. The lowest BCUT2D eigenvalue weighted by atomic mass is 10.1. The molecule has 0 unspecified atom stereocenters. The number of benzene rings is 2. The van der Waals surface area contributed by atoms with Crippen molar-refractivity contribution in [2.24, 2.45) is 4.99 Å². The van der Waals surface area contributed by atoms with Crippen molar-refractivity contribution in [1.82, 2.24) is 15.4 Å². The van der Waals surface area contributed by atoms with Crippen LogP contribution in [0.4, 0.5) is 0 Å². The van der Waals surface area contributed by atoms with Crippen LogP contribution in [-0.4, -0.2) is 38.0 Å². The Kier molecular flexibility index (Phi) is 6.77. The van der Waals surface area contributed by atoms with Gasteiger partial charge >= 0.3 is 5.97 Å². The van der Waals surface area contributed by atoms with Gasteiger partial charge < -0.3 is 13.7 Å². The molecular formula is C24H20N4O4S2. The maximum atomic E-state index is 12.8. The van der Waals surface area contributed by atoms with Crippen molar-refractivity contribution >= 4 is 33.9 Å². The molecule has 1 aliphatic heterocycles.